The van der Waals surface area contributed by atoms with Gasteiger partial charge in [0.1, 0.15) is 5.75 Å². The van der Waals surface area contributed by atoms with E-state index in [1.165, 1.54) is 0 Å². The molecular weight excluding hydrogens is 290 g/mol. The van der Waals surface area contributed by atoms with Gasteiger partial charge in [-0.1, -0.05) is 52.8 Å². The Labute approximate surface area is 115 Å². The van der Waals surface area contributed by atoms with E-state index in [4.69, 9.17) is 4.74 Å². The summed E-state index contributed by atoms with van der Waals surface area (Å²) in [7, 11) is 0. The van der Waals surface area contributed by atoms with Gasteiger partial charge in [0.2, 0.25) is 0 Å². The molecule has 2 rings (SSSR count). The molecule has 2 nitrogen and oxygen atoms in total. The van der Waals surface area contributed by atoms with Crippen molar-refractivity contribution in [1.29, 1.82) is 0 Å². The summed E-state index contributed by atoms with van der Waals surface area (Å²) >= 11 is 3.33. The molecule has 1 N–H and O–H groups in total. The number of halogens is 1. The minimum atomic E-state index is 0.662. The zero-order valence-electron chi connectivity index (χ0n) is 9.90. The summed E-state index contributed by atoms with van der Waals surface area (Å²) in [6.07, 6.45) is 0. The summed E-state index contributed by atoms with van der Waals surface area (Å²) in [5, 5.41) is 3.26. The molecular formula is C15H14BrNO. The van der Waals surface area contributed by atoms with E-state index in [1.54, 1.807) is 0 Å². The molecule has 0 aliphatic carbocycles. The largest absolute Gasteiger partial charge is 0.455 e. The molecule has 0 aromatic heterocycles. The van der Waals surface area contributed by atoms with Crippen LogP contribution in [0.1, 0.15) is 0 Å². The standard InChI is InChI=1S/C15H14BrNO/c1-12(16)11-17-14-9-5-6-10-15(14)18-13-7-3-2-4-8-13/h2-10,17H,1,11H2. The molecule has 0 radical (unpaired) electrons. The Morgan fingerprint density at radius 3 is 2.44 bits per heavy atom. The van der Waals surface area contributed by atoms with Gasteiger partial charge < -0.3 is 10.1 Å². The Balaban J connectivity index is 2.14. The zero-order valence-corrected chi connectivity index (χ0v) is 11.5. The van der Waals surface area contributed by atoms with Crippen molar-refractivity contribution in [2.24, 2.45) is 0 Å². The summed E-state index contributed by atoms with van der Waals surface area (Å²) in [5.74, 6) is 1.63. The minimum Gasteiger partial charge on any atom is -0.455 e. The fourth-order valence-electron chi connectivity index (χ4n) is 1.51. The normalized spacial score (nSPS) is 9.83. The molecule has 2 aromatic rings. The maximum Gasteiger partial charge on any atom is 0.150 e. The topological polar surface area (TPSA) is 21.3 Å². The first-order chi connectivity index (χ1) is 8.75. The lowest BCUT2D eigenvalue weighted by atomic mass is 10.3. The number of ether oxygens (including phenoxy) is 1. The molecule has 18 heavy (non-hydrogen) atoms. The lowest BCUT2D eigenvalue weighted by Crippen LogP contribution is -2.02. The second kappa shape index (κ2) is 6.26. The van der Waals surface area contributed by atoms with Gasteiger partial charge in [0, 0.05) is 11.0 Å². The Morgan fingerprint density at radius 2 is 1.72 bits per heavy atom. The number of nitrogens with one attached hydrogen (secondary N) is 1. The summed E-state index contributed by atoms with van der Waals surface area (Å²) in [6.45, 7) is 4.46. The molecule has 0 atom stereocenters. The van der Waals surface area contributed by atoms with E-state index in [0.717, 1.165) is 21.7 Å². The van der Waals surface area contributed by atoms with E-state index in [0.29, 0.717) is 6.54 Å². The van der Waals surface area contributed by atoms with Crippen molar-refractivity contribution in [1.82, 2.24) is 0 Å². The second-order valence-electron chi connectivity index (χ2n) is 3.78. The van der Waals surface area contributed by atoms with Crippen LogP contribution in [0.3, 0.4) is 0 Å². The zero-order chi connectivity index (χ0) is 12.8. The van der Waals surface area contributed by atoms with Crippen molar-refractivity contribution in [2.75, 3.05) is 11.9 Å². The molecule has 0 bridgehead atoms. The van der Waals surface area contributed by atoms with Gasteiger partial charge in [0.05, 0.1) is 5.69 Å². The number of para-hydroxylation sites is 3. The van der Waals surface area contributed by atoms with Crippen molar-refractivity contribution >= 4 is 21.6 Å². The van der Waals surface area contributed by atoms with Crippen LogP contribution in [0.5, 0.6) is 11.5 Å². The van der Waals surface area contributed by atoms with Crippen molar-refractivity contribution in [3.8, 4) is 11.5 Å². The fraction of sp³-hybridized carbons (Fsp3) is 0.0667. The van der Waals surface area contributed by atoms with Gasteiger partial charge in [-0.2, -0.15) is 0 Å². The van der Waals surface area contributed by atoms with Crippen LogP contribution in [-0.4, -0.2) is 6.54 Å². The SMILES string of the molecule is C=C(Br)CNc1ccccc1Oc1ccccc1. The predicted molar refractivity (Wildman–Crippen MR) is 79.5 cm³/mol. The van der Waals surface area contributed by atoms with Crippen molar-refractivity contribution < 1.29 is 4.74 Å². The summed E-state index contributed by atoms with van der Waals surface area (Å²) in [6, 6.07) is 17.6. The van der Waals surface area contributed by atoms with Crippen LogP contribution in [0.2, 0.25) is 0 Å². The molecule has 0 aliphatic rings. The highest BCUT2D eigenvalue weighted by atomic mass is 79.9. The number of hydrogen-bond acceptors (Lipinski definition) is 2. The first-order valence-electron chi connectivity index (χ1n) is 5.65. The van der Waals surface area contributed by atoms with E-state index >= 15 is 0 Å². The van der Waals surface area contributed by atoms with E-state index < -0.39 is 0 Å². The second-order valence-corrected chi connectivity index (χ2v) is 4.90. The summed E-state index contributed by atoms with van der Waals surface area (Å²) in [4.78, 5) is 0. The monoisotopic (exact) mass is 303 g/mol. The van der Waals surface area contributed by atoms with E-state index in [2.05, 4.69) is 27.8 Å². The maximum atomic E-state index is 5.83. The van der Waals surface area contributed by atoms with Crippen LogP contribution in [0.15, 0.2) is 65.7 Å². The first kappa shape index (κ1) is 12.7. The van der Waals surface area contributed by atoms with E-state index in [-0.39, 0.29) is 0 Å². The van der Waals surface area contributed by atoms with Crippen LogP contribution < -0.4 is 10.1 Å². The summed E-state index contributed by atoms with van der Waals surface area (Å²) < 4.78 is 6.73. The maximum absolute atomic E-state index is 5.83. The molecule has 92 valence electrons. The molecule has 0 amide bonds. The molecule has 0 saturated heterocycles. The highest BCUT2D eigenvalue weighted by Crippen LogP contribution is 2.29. The Morgan fingerprint density at radius 1 is 1.06 bits per heavy atom. The van der Waals surface area contributed by atoms with Gasteiger partial charge in [-0.3, -0.25) is 0 Å². The number of benzene rings is 2. The summed E-state index contributed by atoms with van der Waals surface area (Å²) in [5.41, 5.74) is 0.946. The number of hydrogen-bond donors (Lipinski definition) is 1. The quantitative estimate of drug-likeness (QED) is 0.856. The highest BCUT2D eigenvalue weighted by Gasteiger charge is 2.03. The lowest BCUT2D eigenvalue weighted by molar-refractivity contribution is 0.484. The van der Waals surface area contributed by atoms with E-state index in [1.807, 2.05) is 54.6 Å². The van der Waals surface area contributed by atoms with Crippen LogP contribution in [0.4, 0.5) is 5.69 Å². The van der Waals surface area contributed by atoms with Crippen LogP contribution in [0, 0.1) is 0 Å². The van der Waals surface area contributed by atoms with Gasteiger partial charge in [-0.15, -0.1) is 0 Å². The van der Waals surface area contributed by atoms with Gasteiger partial charge in [0.25, 0.3) is 0 Å². The highest BCUT2D eigenvalue weighted by molar-refractivity contribution is 9.11. The molecule has 0 saturated carbocycles. The number of rotatable bonds is 5. The average molecular weight is 304 g/mol. The Hall–Kier alpha value is -1.74. The molecule has 3 heteroatoms. The Bertz CT molecular complexity index is 525. The smallest absolute Gasteiger partial charge is 0.150 e. The van der Waals surface area contributed by atoms with Crippen molar-refractivity contribution in [3.63, 3.8) is 0 Å². The third-order valence-electron chi connectivity index (χ3n) is 2.33. The molecule has 2 aromatic carbocycles. The molecule has 0 heterocycles. The van der Waals surface area contributed by atoms with Gasteiger partial charge >= 0.3 is 0 Å². The van der Waals surface area contributed by atoms with Crippen LogP contribution in [0.25, 0.3) is 0 Å². The van der Waals surface area contributed by atoms with Crippen molar-refractivity contribution in [2.45, 2.75) is 0 Å². The Kier molecular flexibility index (Phi) is 4.42. The molecule has 0 unspecified atom stereocenters. The first-order valence-corrected chi connectivity index (χ1v) is 6.44. The van der Waals surface area contributed by atoms with E-state index in [9.17, 15) is 0 Å². The third-order valence-corrected chi connectivity index (χ3v) is 2.61. The lowest BCUT2D eigenvalue weighted by Gasteiger charge is -2.12. The number of anilines is 1. The molecule has 0 aliphatic heterocycles. The molecule has 0 spiro atoms. The van der Waals surface area contributed by atoms with Crippen LogP contribution >= 0.6 is 15.9 Å². The fourth-order valence-corrected chi connectivity index (χ4v) is 1.65. The van der Waals surface area contributed by atoms with Gasteiger partial charge in [-0.05, 0) is 24.3 Å². The molecule has 0 fully saturated rings. The van der Waals surface area contributed by atoms with Crippen LogP contribution in [-0.2, 0) is 0 Å². The van der Waals surface area contributed by atoms with Crippen molar-refractivity contribution in [3.05, 3.63) is 65.7 Å². The predicted octanol–water partition coefficient (Wildman–Crippen LogP) is 4.80. The third kappa shape index (κ3) is 3.64. The van der Waals surface area contributed by atoms with Gasteiger partial charge in [0.15, 0.2) is 5.75 Å². The average Bonchev–Trinajstić information content (AvgIpc) is 2.39. The minimum absolute atomic E-state index is 0.662. The van der Waals surface area contributed by atoms with Gasteiger partial charge in [-0.25, -0.2) is 0 Å².